The lowest BCUT2D eigenvalue weighted by Crippen LogP contribution is -2.40. The van der Waals surface area contributed by atoms with Crippen molar-refractivity contribution in [3.05, 3.63) is 129 Å². The van der Waals surface area contributed by atoms with Crippen LogP contribution >= 0.6 is 23.2 Å². The van der Waals surface area contributed by atoms with E-state index in [2.05, 4.69) is 10.6 Å². The summed E-state index contributed by atoms with van der Waals surface area (Å²) in [6.45, 7) is 7.57. The molecular formula is C41H38Cl2N4O6. The first-order valence-electron chi connectivity index (χ1n) is 17.2. The van der Waals surface area contributed by atoms with Crippen molar-refractivity contribution in [3.8, 4) is 11.5 Å². The topological polar surface area (TPSA) is 143 Å². The van der Waals surface area contributed by atoms with Crippen molar-refractivity contribution < 1.29 is 29.4 Å². The average Bonchev–Trinajstić information content (AvgIpc) is 3.57. The Bertz CT molecular complexity index is 2400. The van der Waals surface area contributed by atoms with Crippen LogP contribution in [0.1, 0.15) is 75.3 Å². The van der Waals surface area contributed by atoms with E-state index in [0.29, 0.717) is 78.5 Å². The molecule has 0 radical (unpaired) electrons. The largest absolute Gasteiger partial charge is 0.508 e. The Labute approximate surface area is 315 Å². The van der Waals surface area contributed by atoms with Gasteiger partial charge in [0.25, 0.3) is 11.8 Å². The third-order valence-electron chi connectivity index (χ3n) is 9.48. The Morgan fingerprint density at radius 2 is 1.02 bits per heavy atom. The van der Waals surface area contributed by atoms with Gasteiger partial charge in [-0.05, 0) is 123 Å². The van der Waals surface area contributed by atoms with E-state index in [1.54, 1.807) is 81.4 Å². The summed E-state index contributed by atoms with van der Waals surface area (Å²) >= 11 is 12.3. The zero-order valence-corrected chi connectivity index (χ0v) is 31.0. The van der Waals surface area contributed by atoms with Gasteiger partial charge in [0.1, 0.15) is 11.5 Å². The molecule has 0 saturated carbocycles. The molecule has 2 amide bonds. The molecule has 2 unspecified atom stereocenters. The SMILES string of the molecule is CCCNC(=O)C(c1c(C)n(C(=O)c2ccc(Cl)cc2)c2ccc(O)cc12)C(C(=O)NCC)c1c(C)n(C(=O)c2ccc(Cl)cc2)c2ccc(O)cc12. The second-order valence-corrected chi connectivity index (χ2v) is 13.7. The third-order valence-corrected chi connectivity index (χ3v) is 9.99. The van der Waals surface area contributed by atoms with E-state index in [9.17, 15) is 29.4 Å². The number of nitrogens with zero attached hydrogens (tertiary/aromatic N) is 2. The normalized spacial score (nSPS) is 12.5. The van der Waals surface area contributed by atoms with Crippen LogP contribution in [0.2, 0.25) is 10.0 Å². The number of nitrogens with one attached hydrogen (secondary N) is 2. The Hall–Kier alpha value is -5.58. The summed E-state index contributed by atoms with van der Waals surface area (Å²) in [6.07, 6.45) is 0.600. The van der Waals surface area contributed by atoms with Gasteiger partial charge < -0.3 is 20.8 Å². The monoisotopic (exact) mass is 752 g/mol. The first kappa shape index (κ1) is 37.2. The van der Waals surface area contributed by atoms with Crippen molar-refractivity contribution in [1.29, 1.82) is 0 Å². The predicted octanol–water partition coefficient (Wildman–Crippen LogP) is 7.84. The van der Waals surface area contributed by atoms with E-state index in [-0.39, 0.29) is 18.0 Å². The zero-order valence-electron chi connectivity index (χ0n) is 29.5. The molecule has 0 fully saturated rings. The van der Waals surface area contributed by atoms with Crippen LogP contribution in [0.15, 0.2) is 84.9 Å². The van der Waals surface area contributed by atoms with Gasteiger partial charge in [-0.2, -0.15) is 0 Å². The van der Waals surface area contributed by atoms with Crippen LogP contribution in [0.4, 0.5) is 0 Å². The Morgan fingerprint density at radius 3 is 1.40 bits per heavy atom. The molecule has 0 saturated heterocycles. The van der Waals surface area contributed by atoms with Crippen LogP contribution in [0.25, 0.3) is 21.8 Å². The molecule has 2 atom stereocenters. The Morgan fingerprint density at radius 1 is 0.623 bits per heavy atom. The van der Waals surface area contributed by atoms with Gasteiger partial charge in [0.15, 0.2) is 0 Å². The molecule has 2 heterocycles. The molecule has 272 valence electrons. The maximum atomic E-state index is 14.7. The maximum absolute atomic E-state index is 14.7. The van der Waals surface area contributed by atoms with E-state index in [0.717, 1.165) is 0 Å². The van der Waals surface area contributed by atoms with Gasteiger partial charge in [-0.15, -0.1) is 0 Å². The number of hydrogen-bond donors (Lipinski definition) is 4. The van der Waals surface area contributed by atoms with Gasteiger partial charge in [-0.25, -0.2) is 0 Å². The number of phenolic OH excluding ortho intramolecular Hbond substituents is 2. The number of aromatic hydroxyl groups is 2. The summed E-state index contributed by atoms with van der Waals surface area (Å²) < 4.78 is 2.93. The minimum Gasteiger partial charge on any atom is -0.508 e. The van der Waals surface area contributed by atoms with Gasteiger partial charge >= 0.3 is 0 Å². The number of halogens is 2. The molecule has 0 bridgehead atoms. The van der Waals surface area contributed by atoms with Crippen LogP contribution in [-0.2, 0) is 9.59 Å². The molecule has 6 aromatic rings. The van der Waals surface area contributed by atoms with Gasteiger partial charge in [0, 0.05) is 56.4 Å². The smallest absolute Gasteiger partial charge is 0.262 e. The maximum Gasteiger partial charge on any atom is 0.262 e. The number of likely N-dealkylation sites (N-methyl/N-ethyl adjacent to an activating group) is 1. The number of carbonyl (C=O) groups excluding carboxylic acids is 4. The molecule has 0 aliphatic rings. The lowest BCUT2D eigenvalue weighted by atomic mass is 9.77. The number of rotatable bonds is 10. The predicted molar refractivity (Wildman–Crippen MR) is 207 cm³/mol. The highest BCUT2D eigenvalue weighted by Crippen LogP contribution is 2.46. The molecule has 12 heteroatoms. The van der Waals surface area contributed by atoms with Gasteiger partial charge in [0.2, 0.25) is 11.8 Å². The van der Waals surface area contributed by atoms with E-state index < -0.39 is 35.5 Å². The second-order valence-electron chi connectivity index (χ2n) is 12.8. The fraction of sp³-hybridized carbons (Fsp3) is 0.220. The van der Waals surface area contributed by atoms with E-state index in [4.69, 9.17) is 23.2 Å². The minimum atomic E-state index is -1.29. The van der Waals surface area contributed by atoms with Crippen molar-refractivity contribution >= 4 is 68.6 Å². The first-order valence-corrected chi connectivity index (χ1v) is 18.0. The van der Waals surface area contributed by atoms with Crippen LogP contribution in [0, 0.1) is 13.8 Å². The fourth-order valence-corrected chi connectivity index (χ4v) is 7.41. The minimum absolute atomic E-state index is 0.108. The number of benzene rings is 4. The number of amides is 2. The highest BCUT2D eigenvalue weighted by atomic mass is 35.5. The van der Waals surface area contributed by atoms with Crippen molar-refractivity contribution in [2.75, 3.05) is 13.1 Å². The highest BCUT2D eigenvalue weighted by Gasteiger charge is 2.43. The molecule has 53 heavy (non-hydrogen) atoms. The molecule has 0 aliphatic heterocycles. The van der Waals surface area contributed by atoms with Gasteiger partial charge in [0.05, 0.1) is 22.9 Å². The summed E-state index contributed by atoms with van der Waals surface area (Å²) in [5.74, 6) is -4.63. The van der Waals surface area contributed by atoms with Crippen molar-refractivity contribution in [1.82, 2.24) is 19.8 Å². The summed E-state index contributed by atoms with van der Waals surface area (Å²) in [5, 5.41) is 29.1. The van der Waals surface area contributed by atoms with Crippen LogP contribution in [-0.4, -0.2) is 56.1 Å². The fourth-order valence-electron chi connectivity index (χ4n) is 7.15. The Balaban J connectivity index is 1.69. The zero-order chi connectivity index (χ0) is 38.1. The first-order chi connectivity index (χ1) is 25.4. The van der Waals surface area contributed by atoms with Crippen molar-refractivity contribution in [2.24, 2.45) is 0 Å². The van der Waals surface area contributed by atoms with Crippen LogP contribution in [0.5, 0.6) is 11.5 Å². The van der Waals surface area contributed by atoms with Crippen LogP contribution < -0.4 is 10.6 Å². The standard InChI is InChI=1S/C41H38Cl2N4O6/c1-5-19-45-39(51)37(35-23(4)47(33-18-16-29(49)21-31(33)35)41(53)25-9-13-27(43)14-10-25)36(38(50)44-6-2)34-22(3)46(32-17-15-28(48)20-30(32)34)40(52)24-7-11-26(42)12-8-24/h7-18,20-21,36-37,48-49H,5-6,19H2,1-4H3,(H,44,50)(H,45,51). The lowest BCUT2D eigenvalue weighted by molar-refractivity contribution is -0.129. The van der Waals surface area contributed by atoms with Crippen LogP contribution in [0.3, 0.4) is 0 Å². The average molecular weight is 754 g/mol. The lowest BCUT2D eigenvalue weighted by Gasteiger charge is -2.27. The van der Waals surface area contributed by atoms with Crippen molar-refractivity contribution in [2.45, 2.75) is 46.0 Å². The highest BCUT2D eigenvalue weighted by molar-refractivity contribution is 6.31. The molecule has 2 aromatic heterocycles. The molecule has 10 nitrogen and oxygen atoms in total. The second kappa shape index (κ2) is 15.2. The number of phenols is 2. The molecule has 0 aliphatic carbocycles. The summed E-state index contributed by atoms with van der Waals surface area (Å²) in [7, 11) is 0. The molecule has 6 rings (SSSR count). The van der Waals surface area contributed by atoms with Crippen molar-refractivity contribution in [3.63, 3.8) is 0 Å². The number of carbonyl (C=O) groups is 4. The summed E-state index contributed by atoms with van der Waals surface area (Å²) in [5.41, 5.74) is 2.90. The number of fused-ring (bicyclic) bond motifs is 2. The molecule has 4 aromatic carbocycles. The Kier molecular flexibility index (Phi) is 10.7. The summed E-state index contributed by atoms with van der Waals surface area (Å²) in [4.78, 5) is 57.8. The quantitative estimate of drug-likeness (QED) is 0.112. The van der Waals surface area contributed by atoms with Gasteiger partial charge in [-0.3, -0.25) is 28.3 Å². The number of aromatic nitrogens is 2. The molecule has 4 N–H and O–H groups in total. The van der Waals surface area contributed by atoms with E-state index in [1.165, 1.54) is 33.4 Å². The van der Waals surface area contributed by atoms with Gasteiger partial charge in [-0.1, -0.05) is 30.1 Å². The number of hydrogen-bond acceptors (Lipinski definition) is 6. The molecular weight excluding hydrogens is 715 g/mol. The van der Waals surface area contributed by atoms with E-state index in [1.807, 2.05) is 6.92 Å². The summed E-state index contributed by atoms with van der Waals surface area (Å²) in [6, 6.07) is 21.9. The third kappa shape index (κ3) is 6.88. The van der Waals surface area contributed by atoms with E-state index >= 15 is 0 Å². The molecule has 0 spiro atoms.